The van der Waals surface area contributed by atoms with E-state index < -0.39 is 0 Å². The minimum absolute atomic E-state index is 0.651. The molecule has 2 rings (SSSR count). The highest BCUT2D eigenvalue weighted by molar-refractivity contribution is 5.25. The van der Waals surface area contributed by atoms with Crippen LogP contribution >= 0.6 is 0 Å². The summed E-state index contributed by atoms with van der Waals surface area (Å²) < 4.78 is 0. The van der Waals surface area contributed by atoms with Gasteiger partial charge in [0.15, 0.2) is 0 Å². The van der Waals surface area contributed by atoms with Crippen molar-refractivity contribution in [1.29, 1.82) is 0 Å². The molecule has 0 amide bonds. The Morgan fingerprint density at radius 2 is 2.00 bits per heavy atom. The predicted molar refractivity (Wildman–Crippen MR) is 86.6 cm³/mol. The number of benzene rings is 1. The highest BCUT2D eigenvalue weighted by Crippen LogP contribution is 2.33. The van der Waals surface area contributed by atoms with Crippen LogP contribution in [0.1, 0.15) is 43.7 Å². The van der Waals surface area contributed by atoms with Crippen molar-refractivity contribution < 1.29 is 0 Å². The first-order chi connectivity index (χ1) is 9.65. The molecule has 0 spiro atoms. The van der Waals surface area contributed by atoms with Gasteiger partial charge in [-0.1, -0.05) is 44.0 Å². The van der Waals surface area contributed by atoms with Gasteiger partial charge in [-0.15, -0.1) is 0 Å². The molecule has 1 aliphatic rings. The van der Waals surface area contributed by atoms with Crippen LogP contribution in [-0.4, -0.2) is 24.5 Å². The number of nitrogens with zero attached hydrogens (tertiary/aromatic N) is 1. The van der Waals surface area contributed by atoms with Gasteiger partial charge < -0.3 is 5.73 Å². The standard InChI is InChI=1S/C18H30N2/c1-4-15-9-10-16(12-19)18(11-15)20(3)13-17-8-6-5-7-14(17)2/h5-8,15-16,18H,4,9-13,19H2,1-3H3. The highest BCUT2D eigenvalue weighted by Gasteiger charge is 2.31. The topological polar surface area (TPSA) is 29.3 Å². The lowest BCUT2D eigenvalue weighted by Crippen LogP contribution is -2.44. The van der Waals surface area contributed by atoms with E-state index in [1.54, 1.807) is 0 Å². The van der Waals surface area contributed by atoms with Gasteiger partial charge in [-0.25, -0.2) is 0 Å². The van der Waals surface area contributed by atoms with E-state index >= 15 is 0 Å². The lowest BCUT2D eigenvalue weighted by Gasteiger charge is -2.41. The molecule has 112 valence electrons. The molecule has 1 fully saturated rings. The van der Waals surface area contributed by atoms with Crippen LogP contribution < -0.4 is 5.73 Å². The first kappa shape index (κ1) is 15.5. The number of rotatable bonds is 5. The SMILES string of the molecule is CCC1CCC(CN)C(N(C)Cc2ccccc2C)C1. The molecular formula is C18H30N2. The smallest absolute Gasteiger partial charge is 0.0236 e. The second-order valence-electron chi connectivity index (χ2n) is 6.49. The monoisotopic (exact) mass is 274 g/mol. The van der Waals surface area contributed by atoms with E-state index in [9.17, 15) is 0 Å². The van der Waals surface area contributed by atoms with Gasteiger partial charge in [-0.2, -0.15) is 0 Å². The maximum Gasteiger partial charge on any atom is 0.0236 e. The summed E-state index contributed by atoms with van der Waals surface area (Å²) in [4.78, 5) is 2.54. The molecule has 0 heterocycles. The van der Waals surface area contributed by atoms with Gasteiger partial charge in [0.25, 0.3) is 0 Å². The second kappa shape index (κ2) is 7.24. The summed E-state index contributed by atoms with van der Waals surface area (Å²) in [6, 6.07) is 9.38. The zero-order chi connectivity index (χ0) is 14.5. The van der Waals surface area contributed by atoms with Crippen molar-refractivity contribution in [3.8, 4) is 0 Å². The maximum absolute atomic E-state index is 6.01. The van der Waals surface area contributed by atoms with Crippen LogP contribution in [0.2, 0.25) is 0 Å². The highest BCUT2D eigenvalue weighted by atomic mass is 15.1. The lowest BCUT2D eigenvalue weighted by molar-refractivity contribution is 0.0963. The van der Waals surface area contributed by atoms with Crippen LogP contribution in [0.4, 0.5) is 0 Å². The summed E-state index contributed by atoms with van der Waals surface area (Å²) in [6.07, 6.45) is 5.30. The number of aryl methyl sites for hydroxylation is 1. The Morgan fingerprint density at radius 1 is 1.25 bits per heavy atom. The van der Waals surface area contributed by atoms with Crippen molar-refractivity contribution in [2.45, 2.75) is 52.1 Å². The third-order valence-corrected chi connectivity index (χ3v) is 5.19. The summed E-state index contributed by atoms with van der Waals surface area (Å²) in [5.41, 5.74) is 8.86. The van der Waals surface area contributed by atoms with E-state index in [1.807, 2.05) is 0 Å². The Hall–Kier alpha value is -0.860. The summed E-state index contributed by atoms with van der Waals surface area (Å²) in [5, 5.41) is 0. The van der Waals surface area contributed by atoms with Crippen molar-refractivity contribution in [3.05, 3.63) is 35.4 Å². The van der Waals surface area contributed by atoms with Crippen molar-refractivity contribution >= 4 is 0 Å². The van der Waals surface area contributed by atoms with Gasteiger partial charge in [0, 0.05) is 12.6 Å². The fourth-order valence-electron chi connectivity index (χ4n) is 3.65. The van der Waals surface area contributed by atoms with Crippen LogP contribution in [0.25, 0.3) is 0 Å². The fraction of sp³-hybridized carbons (Fsp3) is 0.667. The quantitative estimate of drug-likeness (QED) is 0.889. The molecular weight excluding hydrogens is 244 g/mol. The van der Waals surface area contributed by atoms with E-state index in [-0.39, 0.29) is 0 Å². The van der Waals surface area contributed by atoms with Crippen molar-refractivity contribution in [2.24, 2.45) is 17.6 Å². The molecule has 3 atom stereocenters. The van der Waals surface area contributed by atoms with Crippen molar-refractivity contribution in [3.63, 3.8) is 0 Å². The van der Waals surface area contributed by atoms with Gasteiger partial charge >= 0.3 is 0 Å². The molecule has 1 saturated carbocycles. The van der Waals surface area contributed by atoms with E-state index in [1.165, 1.54) is 36.8 Å². The van der Waals surface area contributed by atoms with E-state index in [2.05, 4.69) is 50.1 Å². The first-order valence-electron chi connectivity index (χ1n) is 8.10. The summed E-state index contributed by atoms with van der Waals surface area (Å²) in [7, 11) is 2.28. The molecule has 3 unspecified atom stereocenters. The van der Waals surface area contributed by atoms with Gasteiger partial charge in [-0.3, -0.25) is 4.90 Å². The third kappa shape index (κ3) is 3.62. The van der Waals surface area contributed by atoms with Gasteiger partial charge in [-0.05, 0) is 56.3 Å². The number of hydrogen-bond donors (Lipinski definition) is 1. The predicted octanol–water partition coefficient (Wildman–Crippen LogP) is 3.58. The summed E-state index contributed by atoms with van der Waals surface area (Å²) in [6.45, 7) is 6.41. The Bertz CT molecular complexity index is 416. The van der Waals surface area contributed by atoms with Crippen molar-refractivity contribution in [1.82, 2.24) is 4.90 Å². The molecule has 0 radical (unpaired) electrons. The zero-order valence-corrected chi connectivity index (χ0v) is 13.3. The Morgan fingerprint density at radius 3 is 2.65 bits per heavy atom. The molecule has 2 heteroatoms. The van der Waals surface area contributed by atoms with Crippen molar-refractivity contribution in [2.75, 3.05) is 13.6 Å². The number of nitrogens with two attached hydrogens (primary N) is 1. The van der Waals surface area contributed by atoms with Crippen LogP contribution in [0, 0.1) is 18.8 Å². The molecule has 0 saturated heterocycles. The lowest BCUT2D eigenvalue weighted by atomic mass is 9.76. The first-order valence-corrected chi connectivity index (χ1v) is 8.10. The normalized spacial score (nSPS) is 26.9. The van der Waals surface area contributed by atoms with E-state index in [0.717, 1.165) is 19.0 Å². The average Bonchev–Trinajstić information content (AvgIpc) is 2.48. The molecule has 0 bridgehead atoms. The largest absolute Gasteiger partial charge is 0.330 e. The minimum Gasteiger partial charge on any atom is -0.330 e. The zero-order valence-electron chi connectivity index (χ0n) is 13.3. The minimum atomic E-state index is 0.651. The van der Waals surface area contributed by atoms with Crippen LogP contribution in [0.5, 0.6) is 0 Å². The van der Waals surface area contributed by atoms with Crippen LogP contribution in [0.15, 0.2) is 24.3 Å². The average molecular weight is 274 g/mol. The van der Waals surface area contributed by atoms with Gasteiger partial charge in [0.2, 0.25) is 0 Å². The Kier molecular flexibility index (Phi) is 5.62. The molecule has 1 aromatic carbocycles. The molecule has 2 nitrogen and oxygen atoms in total. The Balaban J connectivity index is 2.05. The number of hydrogen-bond acceptors (Lipinski definition) is 2. The maximum atomic E-state index is 6.01. The summed E-state index contributed by atoms with van der Waals surface area (Å²) in [5.74, 6) is 1.56. The van der Waals surface area contributed by atoms with Crippen LogP contribution in [-0.2, 0) is 6.54 Å². The molecule has 0 aliphatic heterocycles. The fourth-order valence-corrected chi connectivity index (χ4v) is 3.65. The second-order valence-corrected chi connectivity index (χ2v) is 6.49. The van der Waals surface area contributed by atoms with Gasteiger partial charge in [0.05, 0.1) is 0 Å². The van der Waals surface area contributed by atoms with E-state index in [4.69, 9.17) is 5.73 Å². The molecule has 1 aliphatic carbocycles. The molecule has 0 aromatic heterocycles. The van der Waals surface area contributed by atoms with Crippen LogP contribution in [0.3, 0.4) is 0 Å². The molecule has 1 aromatic rings. The third-order valence-electron chi connectivity index (χ3n) is 5.19. The molecule has 2 N–H and O–H groups in total. The van der Waals surface area contributed by atoms with E-state index in [0.29, 0.717) is 12.0 Å². The molecule has 20 heavy (non-hydrogen) atoms. The summed E-state index contributed by atoms with van der Waals surface area (Å²) >= 11 is 0. The van der Waals surface area contributed by atoms with Gasteiger partial charge in [0.1, 0.15) is 0 Å². The Labute approximate surface area is 124 Å².